The molecule has 8 heteroatoms. The molecule has 1 atom stereocenters. The summed E-state index contributed by atoms with van der Waals surface area (Å²) in [7, 11) is 0. The molecule has 2 aromatic rings. The van der Waals surface area contributed by atoms with Crippen molar-refractivity contribution in [2.75, 3.05) is 4.90 Å². The Hall–Kier alpha value is -2.46. The number of hydrogen-bond donors (Lipinski definition) is 1. The molecule has 0 radical (unpaired) electrons. The lowest BCUT2D eigenvalue weighted by Gasteiger charge is -2.18. The average molecular weight is 432 g/mol. The van der Waals surface area contributed by atoms with Crippen LogP contribution in [0.2, 0.25) is 10.0 Å². The van der Waals surface area contributed by atoms with Gasteiger partial charge in [-0.1, -0.05) is 53.2 Å². The zero-order chi connectivity index (χ0) is 20.4. The van der Waals surface area contributed by atoms with Crippen molar-refractivity contribution in [1.29, 1.82) is 5.26 Å². The van der Waals surface area contributed by atoms with Gasteiger partial charge in [-0.15, -0.1) is 0 Å². The molecule has 2 N–H and O–H groups in total. The fourth-order valence-corrected chi connectivity index (χ4v) is 4.52. The van der Waals surface area contributed by atoms with Crippen LogP contribution in [0, 0.1) is 18.3 Å². The average Bonchev–Trinajstić information content (AvgIpc) is 2.94. The Labute approximate surface area is 176 Å². The van der Waals surface area contributed by atoms with Crippen molar-refractivity contribution in [3.63, 3.8) is 0 Å². The largest absolute Gasteiger partial charge is 0.365 e. The molecule has 1 aliphatic rings. The number of benzene rings is 2. The van der Waals surface area contributed by atoms with Gasteiger partial charge in [0, 0.05) is 5.69 Å². The molecule has 2 aromatic carbocycles. The normalized spacial score (nSPS) is 18.1. The smallest absolute Gasteiger partial charge is 0.262 e. The van der Waals surface area contributed by atoms with Crippen LogP contribution in [0.1, 0.15) is 11.1 Å². The van der Waals surface area contributed by atoms with Gasteiger partial charge >= 0.3 is 0 Å². The third kappa shape index (κ3) is 4.02. The minimum absolute atomic E-state index is 0.231. The number of aryl methyl sites for hydroxylation is 1. The standard InChI is InChI=1S/C20H15Cl2N3O2S/c1-11-3-2-4-13(7-11)25-19(27)17(28-20(25)14(10-23)18(24)26)9-12-5-6-15(21)16(22)8-12/h2-8,17H,9H2,1H3,(H2,24,26)/b20-14+/t17-/m1/s1. The molecule has 1 saturated heterocycles. The number of hydrogen-bond acceptors (Lipinski definition) is 4. The second kappa shape index (κ2) is 8.27. The van der Waals surface area contributed by atoms with Crippen molar-refractivity contribution in [2.24, 2.45) is 5.73 Å². The predicted molar refractivity (Wildman–Crippen MR) is 112 cm³/mol. The van der Waals surface area contributed by atoms with E-state index in [1.54, 1.807) is 24.3 Å². The maximum absolute atomic E-state index is 13.2. The second-order valence-corrected chi connectivity index (χ2v) is 8.23. The van der Waals surface area contributed by atoms with Crippen molar-refractivity contribution < 1.29 is 9.59 Å². The summed E-state index contributed by atoms with van der Waals surface area (Å²) < 4.78 is 0. The number of rotatable bonds is 4. The Balaban J connectivity index is 2.04. The quantitative estimate of drug-likeness (QED) is 0.579. The minimum Gasteiger partial charge on any atom is -0.365 e. The first kappa shape index (κ1) is 20.3. The van der Waals surface area contributed by atoms with Crippen LogP contribution in [0.15, 0.2) is 53.1 Å². The summed E-state index contributed by atoms with van der Waals surface area (Å²) in [5.41, 5.74) is 7.48. The third-order valence-electron chi connectivity index (χ3n) is 4.19. The molecule has 1 fully saturated rings. The van der Waals surface area contributed by atoms with Gasteiger partial charge in [0.2, 0.25) is 5.91 Å². The minimum atomic E-state index is -0.870. The lowest BCUT2D eigenvalue weighted by molar-refractivity contribution is -0.117. The highest BCUT2D eigenvalue weighted by Crippen LogP contribution is 2.42. The van der Waals surface area contributed by atoms with Gasteiger partial charge in [-0.2, -0.15) is 5.26 Å². The van der Waals surface area contributed by atoms with Gasteiger partial charge in [0.25, 0.3) is 5.91 Å². The van der Waals surface area contributed by atoms with Crippen molar-refractivity contribution in [3.8, 4) is 6.07 Å². The van der Waals surface area contributed by atoms with Gasteiger partial charge in [-0.25, -0.2) is 0 Å². The van der Waals surface area contributed by atoms with Crippen LogP contribution >= 0.6 is 35.0 Å². The summed E-state index contributed by atoms with van der Waals surface area (Å²) in [5, 5.41) is 9.96. The van der Waals surface area contributed by atoms with Crippen molar-refractivity contribution in [2.45, 2.75) is 18.6 Å². The molecule has 1 heterocycles. The number of nitrogens with two attached hydrogens (primary N) is 1. The first-order valence-corrected chi connectivity index (χ1v) is 9.90. The monoisotopic (exact) mass is 431 g/mol. The first-order valence-electron chi connectivity index (χ1n) is 8.27. The Morgan fingerprint density at radius 3 is 2.61 bits per heavy atom. The van der Waals surface area contributed by atoms with Crippen LogP contribution in [0.25, 0.3) is 0 Å². The Morgan fingerprint density at radius 2 is 2.00 bits per heavy atom. The zero-order valence-electron chi connectivity index (χ0n) is 14.8. The maximum atomic E-state index is 13.2. The lowest BCUT2D eigenvalue weighted by Crippen LogP contribution is -2.31. The highest BCUT2D eigenvalue weighted by Gasteiger charge is 2.40. The number of primary amides is 1. The number of anilines is 1. The fourth-order valence-electron chi connectivity index (χ4n) is 2.88. The SMILES string of the molecule is Cc1cccc(N2C(=O)[C@@H](Cc3ccc(Cl)c(Cl)c3)S/C2=C(\C#N)C(N)=O)c1. The van der Waals surface area contributed by atoms with E-state index in [4.69, 9.17) is 28.9 Å². The lowest BCUT2D eigenvalue weighted by atomic mass is 10.1. The van der Waals surface area contributed by atoms with Gasteiger partial charge in [0.05, 0.1) is 15.3 Å². The number of carbonyl (C=O) groups excluding carboxylic acids is 2. The molecule has 2 amide bonds. The molecular weight excluding hydrogens is 417 g/mol. The van der Waals surface area contributed by atoms with Crippen molar-refractivity contribution >= 4 is 52.5 Å². The van der Waals surface area contributed by atoms with Crippen LogP contribution in [-0.4, -0.2) is 17.1 Å². The summed E-state index contributed by atoms with van der Waals surface area (Å²) in [6, 6.07) is 14.3. The molecule has 28 heavy (non-hydrogen) atoms. The van der Waals surface area contributed by atoms with E-state index in [1.165, 1.54) is 4.90 Å². The van der Waals surface area contributed by atoms with Crippen LogP contribution in [0.5, 0.6) is 0 Å². The zero-order valence-corrected chi connectivity index (χ0v) is 17.1. The van der Waals surface area contributed by atoms with Gasteiger partial charge in [-0.05, 0) is 48.7 Å². The van der Waals surface area contributed by atoms with E-state index in [9.17, 15) is 14.9 Å². The number of nitrogens with zero attached hydrogens (tertiary/aromatic N) is 2. The summed E-state index contributed by atoms with van der Waals surface area (Å²) in [4.78, 5) is 26.3. The van der Waals surface area contributed by atoms with E-state index in [2.05, 4.69) is 0 Å². The fraction of sp³-hybridized carbons (Fsp3) is 0.150. The van der Waals surface area contributed by atoms with E-state index in [0.29, 0.717) is 22.2 Å². The first-order chi connectivity index (χ1) is 13.3. The van der Waals surface area contributed by atoms with Gasteiger partial charge < -0.3 is 5.73 Å². The number of halogens is 2. The number of nitriles is 1. The maximum Gasteiger partial charge on any atom is 0.262 e. The van der Waals surface area contributed by atoms with Crippen LogP contribution in [0.4, 0.5) is 5.69 Å². The van der Waals surface area contributed by atoms with E-state index < -0.39 is 11.2 Å². The number of thioether (sulfide) groups is 1. The van der Waals surface area contributed by atoms with Crippen molar-refractivity contribution in [3.05, 3.63) is 74.2 Å². The molecule has 0 aliphatic carbocycles. The van der Waals surface area contributed by atoms with E-state index in [-0.39, 0.29) is 16.5 Å². The molecule has 0 unspecified atom stereocenters. The summed E-state index contributed by atoms with van der Waals surface area (Å²) in [5.74, 6) is -1.10. The molecule has 1 aliphatic heterocycles. The Morgan fingerprint density at radius 1 is 1.25 bits per heavy atom. The molecule has 0 saturated carbocycles. The molecule has 5 nitrogen and oxygen atoms in total. The van der Waals surface area contributed by atoms with Gasteiger partial charge in [0.1, 0.15) is 16.7 Å². The highest BCUT2D eigenvalue weighted by molar-refractivity contribution is 8.05. The third-order valence-corrected chi connectivity index (χ3v) is 6.19. The molecule has 3 rings (SSSR count). The predicted octanol–water partition coefficient (Wildman–Crippen LogP) is 4.21. The van der Waals surface area contributed by atoms with Crippen LogP contribution in [0.3, 0.4) is 0 Å². The highest BCUT2D eigenvalue weighted by atomic mass is 35.5. The van der Waals surface area contributed by atoms with Crippen LogP contribution in [-0.2, 0) is 16.0 Å². The summed E-state index contributed by atoms with van der Waals surface area (Å²) in [6.07, 6.45) is 0.365. The summed E-state index contributed by atoms with van der Waals surface area (Å²) >= 11 is 13.2. The van der Waals surface area contributed by atoms with Gasteiger partial charge in [0.15, 0.2) is 0 Å². The molecular formula is C20H15Cl2N3O2S. The van der Waals surface area contributed by atoms with E-state index in [0.717, 1.165) is 22.9 Å². The number of amides is 2. The molecule has 0 aromatic heterocycles. The molecule has 142 valence electrons. The molecule has 0 bridgehead atoms. The molecule has 0 spiro atoms. The number of carbonyl (C=O) groups is 2. The Bertz CT molecular complexity index is 1050. The Kier molecular flexibility index (Phi) is 5.99. The van der Waals surface area contributed by atoms with Crippen molar-refractivity contribution in [1.82, 2.24) is 0 Å². The van der Waals surface area contributed by atoms with Crippen LogP contribution < -0.4 is 10.6 Å². The van der Waals surface area contributed by atoms with Gasteiger partial charge in [-0.3, -0.25) is 14.5 Å². The second-order valence-electron chi connectivity index (χ2n) is 6.23. The summed E-state index contributed by atoms with van der Waals surface area (Å²) in [6.45, 7) is 1.90. The topological polar surface area (TPSA) is 87.2 Å². The van der Waals surface area contributed by atoms with E-state index in [1.807, 2.05) is 31.2 Å². The van der Waals surface area contributed by atoms with E-state index >= 15 is 0 Å².